The Morgan fingerprint density at radius 3 is 2.26 bits per heavy atom. The average molecular weight is 1690 g/mol. The van der Waals surface area contributed by atoms with Crippen LogP contribution in [0.5, 0.6) is 0 Å². The molecule has 1 saturated heterocycles. The summed E-state index contributed by atoms with van der Waals surface area (Å²) in [7, 11) is -17.4. The fraction of sp³-hybridized carbons (Fsp3) is 0.577. The van der Waals surface area contributed by atoms with Crippen LogP contribution in [0.25, 0.3) is 11.0 Å². The second-order valence-electron chi connectivity index (χ2n) is 27.5. The Hall–Kier alpha value is -5.58. The summed E-state index contributed by atoms with van der Waals surface area (Å²) in [6.07, 6.45) is 18.6. The third-order valence-electron chi connectivity index (χ3n) is 17.7. The van der Waals surface area contributed by atoms with Crippen molar-refractivity contribution < 1.29 is 106 Å². The van der Waals surface area contributed by atoms with E-state index in [1.54, 1.807) is 27.8 Å². The fourth-order valence-corrected chi connectivity index (χ4v) is 18.3. The number of H-pyrrole nitrogens is 1. The van der Waals surface area contributed by atoms with E-state index in [0.29, 0.717) is 71.2 Å². The zero-order chi connectivity index (χ0) is 80.9. The molecule has 0 bridgehead atoms. The summed E-state index contributed by atoms with van der Waals surface area (Å²) in [5.74, 6) is 6.30. The van der Waals surface area contributed by atoms with Crippen molar-refractivity contribution in [2.45, 2.75) is 173 Å². The van der Waals surface area contributed by atoms with Gasteiger partial charge in [-0.15, -0.1) is 12.6 Å². The highest BCUT2D eigenvalue weighted by Crippen LogP contribution is 2.66. The van der Waals surface area contributed by atoms with Crippen molar-refractivity contribution in [3.05, 3.63) is 117 Å². The molecular weight excluding hydrogens is 1590 g/mol. The lowest BCUT2D eigenvalue weighted by Crippen LogP contribution is -2.30. The summed E-state index contributed by atoms with van der Waals surface area (Å²) >= 11 is 5.24. The number of ketones is 1. The number of carbonyl (C=O) groups is 3. The maximum atomic E-state index is 13.2. The molecule has 2 amide bonds. The lowest BCUT2D eigenvalue weighted by atomic mass is 9.81. The van der Waals surface area contributed by atoms with Gasteiger partial charge >= 0.3 is 40.2 Å². The minimum atomic E-state index is -5.78. The number of aryl methyl sites for hydroxylation is 1. The van der Waals surface area contributed by atoms with E-state index in [-0.39, 0.29) is 88.2 Å². The number of anilines is 2. The van der Waals surface area contributed by atoms with E-state index in [0.717, 1.165) is 51.6 Å². The summed E-state index contributed by atoms with van der Waals surface area (Å²) in [5.41, 5.74) is 14.4. The molecule has 31 nitrogen and oxygen atoms in total. The number of aromatic nitrogens is 3. The van der Waals surface area contributed by atoms with Gasteiger partial charge in [0.2, 0.25) is 17.5 Å². The highest BCUT2D eigenvalue weighted by molar-refractivity contribution is 8.77. The number of phosphoric acid groups is 3. The van der Waals surface area contributed by atoms with Gasteiger partial charge in [-0.1, -0.05) is 118 Å². The molecule has 6 atom stereocenters. The van der Waals surface area contributed by atoms with Gasteiger partial charge in [-0.25, -0.2) is 18.5 Å². The monoisotopic (exact) mass is 1690 g/mol. The van der Waals surface area contributed by atoms with Gasteiger partial charge in [-0.3, -0.25) is 23.9 Å². The molecule has 610 valence electrons. The standard InChI is InChI=1S/C71H103N8O20P3S4.O3S/c1-10-77-56-29-22-21-28-54(56)70(5,6)60(77)30-16-13-17-31-61-71(7,8)55-45-51(2)33-34-57(55)78(61)38-23-14-18-32-62(81)73-36-41-91-43-44-92-42-37-74-68(83)94-40-35-69(3,4)105-104-49-93-39-24-12-11-15-26-53(80)27-20-19-25-52-47-79(65-64(52)66(82)76-67(72)75-65)63-46-58(95-50-106(9)103)59(97-63)48-96-101(87,88)99-102(89,90)98-100(84,85)86;1-4(2)3/h13,16-17,21-22,28-31,33-34,45,47,58-59,63H,10-12,14-15,18,20,23-24,26-27,32,35-44,46,48-50H2,1-9H3,(H8-,72,73,74,75,76,81,82,83,84,85,86,87,88,89,90);/p+1/t58-,59+,63+,106?;/m0./s1. The maximum absolute atomic E-state index is 13.2. The van der Waals surface area contributed by atoms with Crippen molar-refractivity contribution in [3.8, 4) is 11.8 Å². The van der Waals surface area contributed by atoms with Gasteiger partial charge in [0.05, 0.1) is 68.0 Å². The molecule has 110 heavy (non-hydrogen) atoms. The van der Waals surface area contributed by atoms with Crippen LogP contribution < -0.4 is 26.8 Å². The Kier molecular flexibility index (Phi) is 38.1. The molecule has 0 saturated carbocycles. The minimum absolute atomic E-state index is 0.0118. The normalized spacial score (nSPS) is 18.4. The van der Waals surface area contributed by atoms with E-state index in [9.17, 15) is 42.7 Å². The van der Waals surface area contributed by atoms with Crippen LogP contribution in [0.3, 0.4) is 0 Å². The number of phosphoric ester groups is 1. The van der Waals surface area contributed by atoms with E-state index in [2.05, 4.69) is 179 Å². The zero-order valence-corrected chi connectivity index (χ0v) is 70.2. The molecule has 9 N–H and O–H groups in total. The zero-order valence-electron chi connectivity index (χ0n) is 63.4. The number of amides is 2. The first kappa shape index (κ1) is 93.3. The second kappa shape index (κ2) is 44.9. The van der Waals surface area contributed by atoms with E-state index >= 15 is 0 Å². The van der Waals surface area contributed by atoms with Crippen LogP contribution in [0, 0.1) is 18.8 Å². The van der Waals surface area contributed by atoms with Crippen molar-refractivity contribution in [2.75, 3.05) is 101 Å². The number of nitrogens with one attached hydrogen (secondary N) is 3. The van der Waals surface area contributed by atoms with Crippen LogP contribution in [0.15, 0.2) is 89.5 Å². The molecule has 7 rings (SSSR count). The third-order valence-corrected chi connectivity index (χ3v) is 25.3. The largest absolute Gasteiger partial charge is 0.490 e. The smallest absolute Gasteiger partial charge is 0.450 e. The van der Waals surface area contributed by atoms with Crippen LogP contribution in [0.4, 0.5) is 22.1 Å². The molecule has 5 heterocycles. The number of para-hydroxylation sites is 1. The molecule has 0 aliphatic carbocycles. The molecule has 3 aliphatic heterocycles. The Balaban J connectivity index is 0.00000460. The number of unbranched alkanes of at least 4 members (excludes halogenated alkanes) is 5. The van der Waals surface area contributed by atoms with Gasteiger partial charge in [-0.05, 0) is 115 Å². The van der Waals surface area contributed by atoms with Gasteiger partial charge in [0.1, 0.15) is 30.6 Å². The predicted molar refractivity (Wildman–Crippen MR) is 427 cm³/mol. The number of ether oxygens (including phenoxy) is 6. The lowest BCUT2D eigenvalue weighted by Gasteiger charge is -2.25. The molecule has 0 radical (unpaired) electrons. The number of nitrogens with zero attached hydrogens (tertiary/aromatic N) is 4. The van der Waals surface area contributed by atoms with Gasteiger partial charge in [0.15, 0.2) is 11.4 Å². The Morgan fingerprint density at radius 2 is 1.55 bits per heavy atom. The first-order chi connectivity index (χ1) is 51.9. The molecule has 0 spiro atoms. The molecule has 2 aromatic heterocycles. The molecule has 3 unspecified atom stereocenters. The molecule has 1 fully saturated rings. The SMILES string of the molecule is CCN1\C(=C/C=C/C=C/C2=[N+](CCCCCC(=O)NCCOCCOCCNC(=O)OCCC(C)(C)SSCOCCCCCCC(=O)CCC#Cc3cn([C@H]4C[C@H](OCS(C)=S)[C@@H](COP(=O)(O)OP(=O)(O)OP(=O)(O)O)O4)c4nc(N)[nH]c(=O)c34)c3ccc(C)cc3C2(C)C)C(C)(C)c2ccccc21.O=S(=O)=O. The number of nitrogen functional groups attached to an aromatic ring is 1. The summed E-state index contributed by atoms with van der Waals surface area (Å²) in [6, 6.07) is 15.4. The summed E-state index contributed by atoms with van der Waals surface area (Å²) in [5, 5.41) is 5.75. The first-order valence-electron chi connectivity index (χ1n) is 35.9. The highest BCUT2D eigenvalue weighted by Gasteiger charge is 2.46. The van der Waals surface area contributed by atoms with Crippen LogP contribution in [-0.2, 0) is 107 Å². The molecule has 4 aromatic rings. The van der Waals surface area contributed by atoms with E-state index in [1.165, 1.54) is 50.2 Å². The van der Waals surface area contributed by atoms with Gasteiger partial charge in [0, 0.05) is 110 Å². The van der Waals surface area contributed by atoms with E-state index < -0.39 is 80.2 Å². The number of allylic oxidation sites excluding steroid dienone is 6. The molecular formula is C71H104N8O23P3S5+. The van der Waals surface area contributed by atoms with Crippen molar-refractivity contribution in [3.63, 3.8) is 0 Å². The van der Waals surface area contributed by atoms with Gasteiger partial charge in [-0.2, -0.15) is 18.2 Å². The van der Waals surface area contributed by atoms with Gasteiger partial charge in [0.25, 0.3) is 5.56 Å². The minimum Gasteiger partial charge on any atom is -0.450 e. The number of nitrogens with two attached hydrogens (primary N) is 1. The predicted octanol–water partition coefficient (Wildman–Crippen LogP) is 10.8. The number of benzene rings is 2. The van der Waals surface area contributed by atoms with E-state index in [1.807, 2.05) is 0 Å². The Morgan fingerprint density at radius 1 is 0.864 bits per heavy atom. The van der Waals surface area contributed by atoms with Crippen LogP contribution >= 0.6 is 45.1 Å². The summed E-state index contributed by atoms with van der Waals surface area (Å²) < 4.78 is 112. The van der Waals surface area contributed by atoms with Crippen LogP contribution in [0.1, 0.15) is 160 Å². The molecule has 3 aliphatic rings. The maximum Gasteiger partial charge on any atom is 0.490 e. The topological polar surface area (TPSA) is 425 Å². The molecule has 2 aromatic carbocycles. The number of hydrogen-bond donors (Lipinski definition) is 8. The lowest BCUT2D eigenvalue weighted by molar-refractivity contribution is -0.438. The Labute approximate surface area is 658 Å². The summed E-state index contributed by atoms with van der Waals surface area (Å²) in [6.45, 7) is 21.6. The highest BCUT2D eigenvalue weighted by atomic mass is 33.1. The van der Waals surface area contributed by atoms with Crippen molar-refractivity contribution in [1.29, 1.82) is 0 Å². The Bertz CT molecular complexity index is 4340. The number of likely N-dealkylation sites (N-methyl/N-ethyl adjacent to an activating group) is 1. The average Bonchev–Trinajstić information content (AvgIpc) is 1.67. The number of fused-ring (bicyclic) bond motifs is 3. The van der Waals surface area contributed by atoms with Crippen LogP contribution in [-0.4, -0.2) is 182 Å². The summed E-state index contributed by atoms with van der Waals surface area (Å²) in [4.78, 5) is 97.5. The number of alkyl carbamates (subject to hydrolysis) is 1. The quantitative estimate of drug-likeness (QED) is 0.00387. The molecule has 39 heteroatoms. The van der Waals surface area contributed by atoms with Crippen molar-refractivity contribution in [1.82, 2.24) is 25.2 Å². The van der Waals surface area contributed by atoms with E-state index in [4.69, 9.17) is 72.3 Å². The number of hydrogen-bond acceptors (Lipinski definition) is 25. The number of rotatable bonds is 46. The van der Waals surface area contributed by atoms with Crippen molar-refractivity contribution >= 4 is 128 Å². The van der Waals surface area contributed by atoms with Gasteiger partial charge < -0.3 is 73.8 Å². The van der Waals surface area contributed by atoms with Crippen molar-refractivity contribution in [2.24, 2.45) is 0 Å². The second-order valence-corrected chi connectivity index (χ2v) is 38.4. The van der Waals surface area contributed by atoms with Crippen LogP contribution in [0.2, 0.25) is 0 Å². The third kappa shape index (κ3) is 31.0. The first-order valence-corrected chi connectivity index (χ1v) is 46.4. The fourth-order valence-electron chi connectivity index (χ4n) is 12.5. The number of Topliss-reactive ketones (excluding diaryl/α,β-unsaturated/α-hetero) is 1. The number of aromatic amines is 1. The number of carbonyl (C=O) groups excluding carboxylic acids is 3.